The van der Waals surface area contributed by atoms with Crippen molar-refractivity contribution in [2.75, 3.05) is 12.4 Å². The zero-order valence-electron chi connectivity index (χ0n) is 12.8. The third kappa shape index (κ3) is 4.54. The van der Waals surface area contributed by atoms with Gasteiger partial charge in [-0.2, -0.15) is 4.31 Å². The third-order valence-electron chi connectivity index (χ3n) is 3.18. The first-order valence-electron chi connectivity index (χ1n) is 6.87. The average molecular weight is 353 g/mol. The molecule has 0 fully saturated rings. The van der Waals surface area contributed by atoms with Gasteiger partial charge in [-0.25, -0.2) is 8.42 Å². The van der Waals surface area contributed by atoms with Crippen molar-refractivity contribution in [3.05, 3.63) is 59.1 Å². The molecule has 0 aromatic heterocycles. The molecule has 0 aliphatic rings. The Morgan fingerprint density at radius 1 is 1.17 bits per heavy atom. The standard InChI is InChI=1S/C16H17ClN2O3S/c1-12(20)18-15-6-8-16(9-7-15)23(21,22)19(2)11-13-4-3-5-14(17)10-13/h3-10H,11H2,1-2H3,(H,18,20). The number of hydrogen-bond acceptors (Lipinski definition) is 3. The number of halogens is 1. The van der Waals surface area contributed by atoms with Crippen LogP contribution in [0.4, 0.5) is 5.69 Å². The maximum Gasteiger partial charge on any atom is 0.243 e. The summed E-state index contributed by atoms with van der Waals surface area (Å²) in [5.74, 6) is -0.210. The Bertz CT molecular complexity index is 804. The lowest BCUT2D eigenvalue weighted by Gasteiger charge is -2.17. The minimum absolute atomic E-state index is 0.163. The van der Waals surface area contributed by atoms with Crippen LogP contribution in [0.5, 0.6) is 0 Å². The van der Waals surface area contributed by atoms with Crippen LogP contribution in [0.15, 0.2) is 53.4 Å². The van der Waals surface area contributed by atoms with Gasteiger partial charge < -0.3 is 5.32 Å². The number of amides is 1. The summed E-state index contributed by atoms with van der Waals surface area (Å²) in [5, 5.41) is 3.16. The summed E-state index contributed by atoms with van der Waals surface area (Å²) in [6.45, 7) is 1.61. The lowest BCUT2D eigenvalue weighted by atomic mass is 10.2. The number of nitrogens with zero attached hydrogens (tertiary/aromatic N) is 1. The number of sulfonamides is 1. The van der Waals surface area contributed by atoms with E-state index in [1.807, 2.05) is 6.07 Å². The second-order valence-electron chi connectivity index (χ2n) is 5.10. The van der Waals surface area contributed by atoms with E-state index in [1.165, 1.54) is 30.4 Å². The fourth-order valence-electron chi connectivity index (χ4n) is 2.07. The summed E-state index contributed by atoms with van der Waals surface area (Å²) >= 11 is 5.92. The summed E-state index contributed by atoms with van der Waals surface area (Å²) in [4.78, 5) is 11.1. The van der Waals surface area contributed by atoms with Crippen molar-refractivity contribution >= 4 is 33.2 Å². The Labute approximate surface area is 140 Å². The molecule has 0 aliphatic heterocycles. The average Bonchev–Trinajstić information content (AvgIpc) is 2.47. The molecular weight excluding hydrogens is 336 g/mol. The fraction of sp³-hybridized carbons (Fsp3) is 0.188. The maximum absolute atomic E-state index is 12.6. The SMILES string of the molecule is CC(=O)Nc1ccc(S(=O)(=O)N(C)Cc2cccc(Cl)c2)cc1. The molecule has 0 spiro atoms. The number of hydrogen-bond donors (Lipinski definition) is 1. The van der Waals surface area contributed by atoms with Gasteiger partial charge in [0, 0.05) is 31.2 Å². The molecule has 1 amide bonds. The Hall–Kier alpha value is -1.89. The summed E-state index contributed by atoms with van der Waals surface area (Å²) in [7, 11) is -2.11. The molecule has 5 nitrogen and oxygen atoms in total. The topological polar surface area (TPSA) is 66.5 Å². The molecule has 0 atom stereocenters. The number of anilines is 1. The summed E-state index contributed by atoms with van der Waals surface area (Å²) in [5.41, 5.74) is 1.35. The van der Waals surface area contributed by atoms with Crippen molar-refractivity contribution in [3.8, 4) is 0 Å². The van der Waals surface area contributed by atoms with Crippen molar-refractivity contribution in [1.29, 1.82) is 0 Å². The number of carbonyl (C=O) groups is 1. The van der Waals surface area contributed by atoms with Gasteiger partial charge in [0.25, 0.3) is 0 Å². The number of benzene rings is 2. The quantitative estimate of drug-likeness (QED) is 0.899. The zero-order valence-corrected chi connectivity index (χ0v) is 14.4. The van der Waals surface area contributed by atoms with E-state index in [0.29, 0.717) is 10.7 Å². The number of rotatable bonds is 5. The molecule has 1 N–H and O–H groups in total. The molecule has 0 radical (unpaired) electrons. The van der Waals surface area contributed by atoms with Crippen molar-refractivity contribution < 1.29 is 13.2 Å². The van der Waals surface area contributed by atoms with Crippen molar-refractivity contribution in [3.63, 3.8) is 0 Å². The Balaban J connectivity index is 2.18. The van der Waals surface area contributed by atoms with Crippen molar-refractivity contribution in [2.45, 2.75) is 18.4 Å². The number of carbonyl (C=O) groups excluding carboxylic acids is 1. The van der Waals surface area contributed by atoms with Gasteiger partial charge in [0.1, 0.15) is 0 Å². The van der Waals surface area contributed by atoms with E-state index in [0.717, 1.165) is 5.56 Å². The Kier molecular flexibility index (Phi) is 5.41. The van der Waals surface area contributed by atoms with Crippen LogP contribution in [0.1, 0.15) is 12.5 Å². The van der Waals surface area contributed by atoms with Crippen molar-refractivity contribution in [2.24, 2.45) is 0 Å². The predicted octanol–water partition coefficient (Wildman–Crippen LogP) is 3.12. The van der Waals surface area contributed by atoms with Gasteiger partial charge in [-0.05, 0) is 42.0 Å². The monoisotopic (exact) mass is 352 g/mol. The van der Waals surface area contributed by atoms with Crippen LogP contribution < -0.4 is 5.32 Å². The molecule has 0 bridgehead atoms. The van der Waals surface area contributed by atoms with Crippen LogP contribution in [0.25, 0.3) is 0 Å². The molecule has 122 valence electrons. The van der Waals surface area contributed by atoms with Gasteiger partial charge in [0.15, 0.2) is 0 Å². The summed E-state index contributed by atoms with van der Waals surface area (Å²) < 4.78 is 26.4. The highest BCUT2D eigenvalue weighted by molar-refractivity contribution is 7.89. The molecule has 23 heavy (non-hydrogen) atoms. The Morgan fingerprint density at radius 2 is 1.83 bits per heavy atom. The van der Waals surface area contributed by atoms with E-state index < -0.39 is 10.0 Å². The molecule has 0 unspecified atom stereocenters. The molecule has 2 aromatic rings. The third-order valence-corrected chi connectivity index (χ3v) is 5.23. The minimum atomic E-state index is -3.62. The summed E-state index contributed by atoms with van der Waals surface area (Å²) in [6.07, 6.45) is 0. The van der Waals surface area contributed by atoms with E-state index in [-0.39, 0.29) is 17.3 Å². The van der Waals surface area contributed by atoms with Crippen LogP contribution in [-0.4, -0.2) is 25.7 Å². The van der Waals surface area contributed by atoms with Crippen molar-refractivity contribution in [1.82, 2.24) is 4.31 Å². The van der Waals surface area contributed by atoms with E-state index in [4.69, 9.17) is 11.6 Å². The smallest absolute Gasteiger partial charge is 0.243 e. The zero-order chi connectivity index (χ0) is 17.0. The van der Waals surface area contributed by atoms with Gasteiger partial charge >= 0.3 is 0 Å². The minimum Gasteiger partial charge on any atom is -0.326 e. The Morgan fingerprint density at radius 3 is 2.39 bits per heavy atom. The lowest BCUT2D eigenvalue weighted by Crippen LogP contribution is -2.26. The highest BCUT2D eigenvalue weighted by atomic mass is 35.5. The first kappa shape index (κ1) is 17.5. The van der Waals surface area contributed by atoms with Gasteiger partial charge in [0.05, 0.1) is 4.90 Å². The van der Waals surface area contributed by atoms with Crippen LogP contribution in [0.2, 0.25) is 5.02 Å². The molecule has 0 saturated carbocycles. The molecule has 0 saturated heterocycles. The van der Waals surface area contributed by atoms with Gasteiger partial charge in [0.2, 0.25) is 15.9 Å². The molecule has 2 rings (SSSR count). The number of nitrogens with one attached hydrogen (secondary N) is 1. The fourth-order valence-corrected chi connectivity index (χ4v) is 3.44. The highest BCUT2D eigenvalue weighted by Gasteiger charge is 2.20. The van der Waals surface area contributed by atoms with Crippen LogP contribution in [0.3, 0.4) is 0 Å². The van der Waals surface area contributed by atoms with Crippen LogP contribution in [0, 0.1) is 0 Å². The first-order valence-corrected chi connectivity index (χ1v) is 8.69. The molecule has 7 heteroatoms. The second-order valence-corrected chi connectivity index (χ2v) is 7.58. The summed E-state index contributed by atoms with van der Waals surface area (Å²) in [6, 6.07) is 13.1. The van der Waals surface area contributed by atoms with Crippen LogP contribution >= 0.6 is 11.6 Å². The van der Waals surface area contributed by atoms with Gasteiger partial charge in [-0.3, -0.25) is 4.79 Å². The van der Waals surface area contributed by atoms with E-state index >= 15 is 0 Å². The van der Waals surface area contributed by atoms with E-state index in [1.54, 1.807) is 30.3 Å². The van der Waals surface area contributed by atoms with Gasteiger partial charge in [-0.1, -0.05) is 23.7 Å². The maximum atomic E-state index is 12.6. The largest absolute Gasteiger partial charge is 0.326 e. The molecule has 0 aliphatic carbocycles. The molecule has 0 heterocycles. The normalized spacial score (nSPS) is 11.5. The van der Waals surface area contributed by atoms with Crippen LogP contribution in [-0.2, 0) is 21.4 Å². The van der Waals surface area contributed by atoms with E-state index in [2.05, 4.69) is 5.32 Å². The predicted molar refractivity (Wildman–Crippen MR) is 90.9 cm³/mol. The first-order chi connectivity index (χ1) is 10.8. The van der Waals surface area contributed by atoms with E-state index in [9.17, 15) is 13.2 Å². The highest BCUT2D eigenvalue weighted by Crippen LogP contribution is 2.20. The lowest BCUT2D eigenvalue weighted by molar-refractivity contribution is -0.114. The second kappa shape index (κ2) is 7.12. The molecular formula is C16H17ClN2O3S. The van der Waals surface area contributed by atoms with Gasteiger partial charge in [-0.15, -0.1) is 0 Å². The molecule has 2 aromatic carbocycles.